The Balaban J connectivity index is 1.21. The molecule has 0 unspecified atom stereocenters. The van der Waals surface area contributed by atoms with Crippen molar-refractivity contribution in [2.75, 3.05) is 36.2 Å². The van der Waals surface area contributed by atoms with Gasteiger partial charge in [-0.25, -0.2) is 9.99 Å². The third-order valence-corrected chi connectivity index (χ3v) is 6.12. The Morgan fingerprint density at radius 2 is 1.94 bits per heavy atom. The first-order valence-corrected chi connectivity index (χ1v) is 11.1. The zero-order valence-electron chi connectivity index (χ0n) is 17.9. The largest absolute Gasteiger partial charge is 0.573 e. The van der Waals surface area contributed by atoms with Gasteiger partial charge < -0.3 is 18.9 Å². The molecule has 0 amide bonds. The lowest BCUT2D eigenvalue weighted by Gasteiger charge is -2.26. The summed E-state index contributed by atoms with van der Waals surface area (Å²) in [5.74, 6) is -0.0901. The summed E-state index contributed by atoms with van der Waals surface area (Å²) >= 11 is 1.63. The Hall–Kier alpha value is -3.36. The maximum Gasteiger partial charge on any atom is 0.573 e. The SMILES string of the molecule is CC1=CN(c2nc(-c3ccc(OC(F)(F)F)cc3)no2)NN1Cc1cnc(N2CCOCC2)s1. The monoisotopic (exact) mass is 495 g/mol. The van der Waals surface area contributed by atoms with Crippen molar-refractivity contribution >= 4 is 22.5 Å². The molecule has 0 aliphatic carbocycles. The summed E-state index contributed by atoms with van der Waals surface area (Å²) in [5.41, 5.74) is 4.59. The number of anilines is 2. The second kappa shape index (κ2) is 9.12. The van der Waals surface area contributed by atoms with Gasteiger partial charge in [0, 0.05) is 41.6 Å². The number of benzene rings is 1. The van der Waals surface area contributed by atoms with E-state index in [4.69, 9.17) is 9.26 Å². The quantitative estimate of drug-likeness (QED) is 0.548. The maximum absolute atomic E-state index is 12.3. The number of morpholine rings is 1. The van der Waals surface area contributed by atoms with Crippen LogP contribution in [0.5, 0.6) is 5.75 Å². The van der Waals surface area contributed by atoms with Crippen molar-refractivity contribution in [1.29, 1.82) is 0 Å². The Kier molecular flexibility index (Phi) is 6.02. The molecule has 1 aromatic carbocycles. The number of rotatable bonds is 6. The number of alkyl halides is 3. The predicted octanol–water partition coefficient (Wildman–Crippen LogP) is 3.53. The van der Waals surface area contributed by atoms with Gasteiger partial charge in [0.15, 0.2) is 5.13 Å². The van der Waals surface area contributed by atoms with E-state index in [1.807, 2.05) is 24.3 Å². The fraction of sp³-hybridized carbons (Fsp3) is 0.350. The van der Waals surface area contributed by atoms with E-state index >= 15 is 0 Å². The van der Waals surface area contributed by atoms with E-state index in [0.717, 1.165) is 28.8 Å². The normalized spacial score (nSPS) is 16.8. The summed E-state index contributed by atoms with van der Waals surface area (Å²) in [7, 11) is 0. The zero-order chi connectivity index (χ0) is 23.7. The molecule has 0 saturated carbocycles. The molecule has 3 aromatic rings. The second-order valence-electron chi connectivity index (χ2n) is 7.51. The smallest absolute Gasteiger partial charge is 0.406 e. The molecule has 180 valence electrons. The van der Waals surface area contributed by atoms with Gasteiger partial charge in [-0.15, -0.1) is 30.0 Å². The number of halogens is 3. The minimum absolute atomic E-state index is 0.186. The van der Waals surface area contributed by atoms with Crippen LogP contribution in [-0.2, 0) is 11.3 Å². The maximum atomic E-state index is 12.3. The number of hydrazine groups is 2. The first kappa shape index (κ1) is 22.4. The molecule has 1 N–H and O–H groups in total. The van der Waals surface area contributed by atoms with Gasteiger partial charge in [-0.2, -0.15) is 4.98 Å². The van der Waals surface area contributed by atoms with Crippen molar-refractivity contribution in [1.82, 2.24) is 25.7 Å². The van der Waals surface area contributed by atoms with Crippen LogP contribution in [0.4, 0.5) is 24.3 Å². The summed E-state index contributed by atoms with van der Waals surface area (Å²) in [6.07, 6.45) is -1.08. The van der Waals surface area contributed by atoms with Crippen molar-refractivity contribution in [2.45, 2.75) is 19.8 Å². The Morgan fingerprint density at radius 3 is 2.68 bits per heavy atom. The fourth-order valence-electron chi connectivity index (χ4n) is 3.42. The van der Waals surface area contributed by atoms with Crippen molar-refractivity contribution in [2.24, 2.45) is 0 Å². The fourth-order valence-corrected chi connectivity index (χ4v) is 4.37. The van der Waals surface area contributed by atoms with Gasteiger partial charge in [-0.3, -0.25) is 5.01 Å². The van der Waals surface area contributed by atoms with E-state index in [1.54, 1.807) is 16.3 Å². The van der Waals surface area contributed by atoms with E-state index in [2.05, 4.69) is 30.3 Å². The highest BCUT2D eigenvalue weighted by molar-refractivity contribution is 7.15. The number of ether oxygens (including phenoxy) is 2. The zero-order valence-corrected chi connectivity index (χ0v) is 18.8. The number of aromatic nitrogens is 3. The van der Waals surface area contributed by atoms with E-state index in [0.29, 0.717) is 25.3 Å². The number of allylic oxidation sites excluding steroid dienone is 1. The molecule has 34 heavy (non-hydrogen) atoms. The predicted molar refractivity (Wildman–Crippen MR) is 116 cm³/mol. The van der Waals surface area contributed by atoms with Crippen LogP contribution in [-0.4, -0.2) is 52.8 Å². The van der Waals surface area contributed by atoms with E-state index in [1.165, 1.54) is 24.3 Å². The molecule has 14 heteroatoms. The number of hydrogen-bond acceptors (Lipinski definition) is 11. The lowest BCUT2D eigenvalue weighted by molar-refractivity contribution is -0.274. The molecule has 5 rings (SSSR count). The molecule has 4 heterocycles. The molecule has 0 radical (unpaired) electrons. The average molecular weight is 495 g/mol. The highest BCUT2D eigenvalue weighted by atomic mass is 32.1. The minimum Gasteiger partial charge on any atom is -0.406 e. The van der Waals surface area contributed by atoms with E-state index in [9.17, 15) is 13.2 Å². The van der Waals surface area contributed by atoms with Crippen molar-refractivity contribution < 1.29 is 27.2 Å². The summed E-state index contributed by atoms with van der Waals surface area (Å²) in [4.78, 5) is 12.2. The molecule has 0 spiro atoms. The summed E-state index contributed by atoms with van der Waals surface area (Å²) in [6.45, 7) is 5.60. The summed E-state index contributed by atoms with van der Waals surface area (Å²) in [6, 6.07) is 5.43. The molecule has 1 fully saturated rings. The van der Waals surface area contributed by atoms with Gasteiger partial charge in [0.25, 0.3) is 0 Å². The first-order valence-electron chi connectivity index (χ1n) is 10.3. The van der Waals surface area contributed by atoms with Gasteiger partial charge in [-0.05, 0) is 31.2 Å². The summed E-state index contributed by atoms with van der Waals surface area (Å²) < 4.78 is 51.6. The molecule has 0 atom stereocenters. The van der Waals surface area contributed by atoms with Gasteiger partial charge in [-0.1, -0.05) is 5.16 Å². The van der Waals surface area contributed by atoms with Crippen LogP contribution >= 0.6 is 11.3 Å². The Morgan fingerprint density at radius 1 is 1.18 bits per heavy atom. The van der Waals surface area contributed by atoms with Crippen LogP contribution in [0.1, 0.15) is 11.8 Å². The Labute approximate surface area is 196 Å². The lowest BCUT2D eigenvalue weighted by atomic mass is 10.2. The van der Waals surface area contributed by atoms with Crippen LogP contribution in [0.2, 0.25) is 0 Å². The van der Waals surface area contributed by atoms with Crippen LogP contribution in [0.25, 0.3) is 11.4 Å². The van der Waals surface area contributed by atoms with Crippen molar-refractivity contribution in [3.8, 4) is 17.1 Å². The van der Waals surface area contributed by atoms with Gasteiger partial charge in [0.2, 0.25) is 5.82 Å². The molecule has 1 saturated heterocycles. The van der Waals surface area contributed by atoms with Gasteiger partial charge in [0.05, 0.1) is 19.8 Å². The van der Waals surface area contributed by atoms with Crippen molar-refractivity contribution in [3.63, 3.8) is 0 Å². The molecule has 2 aromatic heterocycles. The number of thiazole rings is 1. The van der Waals surface area contributed by atoms with Crippen LogP contribution in [0.3, 0.4) is 0 Å². The van der Waals surface area contributed by atoms with Crippen LogP contribution < -0.4 is 20.2 Å². The Bertz CT molecular complexity index is 1160. The number of hydrogen-bond donors (Lipinski definition) is 1. The van der Waals surface area contributed by atoms with E-state index in [-0.39, 0.29) is 17.6 Å². The molecule has 10 nitrogen and oxygen atoms in total. The van der Waals surface area contributed by atoms with Crippen LogP contribution in [0, 0.1) is 0 Å². The van der Waals surface area contributed by atoms with Crippen molar-refractivity contribution in [3.05, 3.63) is 47.2 Å². The number of nitrogens with one attached hydrogen (secondary N) is 1. The summed E-state index contributed by atoms with van der Waals surface area (Å²) in [5, 5.41) is 8.40. The average Bonchev–Trinajstić information content (AvgIpc) is 3.55. The lowest BCUT2D eigenvalue weighted by Crippen LogP contribution is -2.39. The highest BCUT2D eigenvalue weighted by Crippen LogP contribution is 2.29. The third-order valence-electron chi connectivity index (χ3n) is 5.07. The number of nitrogens with zero attached hydrogens (tertiary/aromatic N) is 6. The highest BCUT2D eigenvalue weighted by Gasteiger charge is 2.31. The topological polar surface area (TPSA) is 92.0 Å². The van der Waals surface area contributed by atoms with Crippen LogP contribution in [0.15, 0.2) is 46.9 Å². The molecule has 0 bridgehead atoms. The van der Waals surface area contributed by atoms with E-state index < -0.39 is 6.36 Å². The molecule has 2 aliphatic rings. The first-order chi connectivity index (χ1) is 16.3. The minimum atomic E-state index is -4.75. The standard InChI is InChI=1S/C20H20F3N7O3S/c1-13-11-30(27-29(13)12-16-10-24-19(34-16)28-6-8-31-9-7-28)18-25-17(26-33-18)14-2-4-15(5-3-14)32-20(21,22)23/h2-5,10-11,27H,6-9,12H2,1H3. The third kappa shape index (κ3) is 5.08. The molecule has 2 aliphatic heterocycles. The van der Waals surface area contributed by atoms with Gasteiger partial charge in [0.1, 0.15) is 5.75 Å². The molecular weight excluding hydrogens is 475 g/mol. The van der Waals surface area contributed by atoms with Gasteiger partial charge >= 0.3 is 12.4 Å². The second-order valence-corrected chi connectivity index (χ2v) is 8.60. The molecular formula is C20H20F3N7O3S.